The van der Waals surface area contributed by atoms with Gasteiger partial charge in [-0.15, -0.1) is 36.3 Å². The third-order valence-electron chi connectivity index (χ3n) is 5.96. The first-order valence-corrected chi connectivity index (χ1v) is 16.5. The van der Waals surface area contributed by atoms with E-state index >= 15 is 0 Å². The summed E-state index contributed by atoms with van der Waals surface area (Å²) in [6.45, 7) is 26.1. The Morgan fingerprint density at radius 3 is 0.857 bits per heavy atom. The van der Waals surface area contributed by atoms with Crippen molar-refractivity contribution in [3.05, 3.63) is 40.2 Å². The van der Waals surface area contributed by atoms with E-state index in [-0.39, 0.29) is 25.8 Å². The largest absolute Gasteiger partial charge is 4.00 e. The van der Waals surface area contributed by atoms with Crippen molar-refractivity contribution in [1.82, 2.24) is 0 Å². The van der Waals surface area contributed by atoms with Gasteiger partial charge in [-0.05, 0) is 0 Å². The van der Waals surface area contributed by atoms with Gasteiger partial charge in [0.05, 0.1) is 0 Å². The number of nitrogens with zero attached hydrogens (tertiary/aromatic N) is 3. The summed E-state index contributed by atoms with van der Waals surface area (Å²) >= 11 is -1.73. The third kappa shape index (κ3) is 32.5. The second-order valence-corrected chi connectivity index (χ2v) is 11.7. The topological polar surface area (TPSA) is 42.3 Å². The molecule has 206 valence electrons. The molecule has 0 saturated heterocycles. The maximum absolute atomic E-state index is 11.7. The minimum absolute atomic E-state index is 0. The second kappa shape index (κ2) is 30.8. The molecule has 0 aliphatic rings. The first-order chi connectivity index (χ1) is 16.0. The first-order valence-electron chi connectivity index (χ1n) is 13.9. The minimum Gasteiger partial charge on any atom is 4.00 e. The Morgan fingerprint density at radius 2 is 0.743 bits per heavy atom. The van der Waals surface area contributed by atoms with Crippen molar-refractivity contribution in [2.24, 2.45) is 0 Å². The van der Waals surface area contributed by atoms with Crippen LogP contribution in [0.5, 0.6) is 0 Å². The molecule has 0 fully saturated rings. The first kappa shape index (κ1) is 42.7. The van der Waals surface area contributed by atoms with Crippen molar-refractivity contribution in [1.29, 1.82) is 0 Å². The molecule has 0 aromatic heterocycles. The molecule has 0 spiro atoms. The summed E-state index contributed by atoms with van der Waals surface area (Å²) in [7, 11) is 0. The Labute approximate surface area is 246 Å². The van der Waals surface area contributed by atoms with E-state index in [9.17, 15) is 3.50 Å². The average molecular weight is 721 g/mol. The van der Waals surface area contributed by atoms with Crippen LogP contribution in [0.25, 0.3) is 16.0 Å². The molecule has 1 aromatic carbocycles. The van der Waals surface area contributed by atoms with Gasteiger partial charge >= 0.3 is 73.9 Å². The molecule has 6 unspecified atom stereocenters. The number of hydrogen-bond donors (Lipinski definition) is 0. The van der Waals surface area contributed by atoms with Crippen LogP contribution in [0.4, 0.5) is 3.50 Å². The molecule has 0 aliphatic heterocycles. The standard InChI is InChI=1S/3C8H18N.C5H6FGe.Hf/c3*1-5-7(3)9-8(4)6-2;6-7-5-3-1-2-4-5;/h3*7-8H,5-6H2,1-4H3;1-4H,7H2;/q4*-1;+4. The molecule has 6 atom stereocenters. The number of halogens is 1. The van der Waals surface area contributed by atoms with Crippen LogP contribution in [0.3, 0.4) is 0 Å². The summed E-state index contributed by atoms with van der Waals surface area (Å²) in [6.07, 6.45) is 7.03. The maximum Gasteiger partial charge on any atom is 4.00 e. The Hall–Kier alpha value is 0.573. The molecule has 0 radical (unpaired) electrons. The predicted molar refractivity (Wildman–Crippen MR) is 160 cm³/mol. The quantitative estimate of drug-likeness (QED) is 0.144. The van der Waals surface area contributed by atoms with Crippen LogP contribution in [-0.4, -0.2) is 52.1 Å². The van der Waals surface area contributed by atoms with Gasteiger partial charge in [-0.2, -0.15) is 0 Å². The van der Waals surface area contributed by atoms with E-state index in [1.54, 1.807) is 0 Å². The third-order valence-corrected chi connectivity index (χ3v) is 7.59. The molecule has 0 saturated carbocycles. The van der Waals surface area contributed by atoms with Crippen molar-refractivity contribution in [2.45, 2.75) is 158 Å². The van der Waals surface area contributed by atoms with Crippen molar-refractivity contribution in [2.75, 3.05) is 0 Å². The molecule has 35 heavy (non-hydrogen) atoms. The van der Waals surface area contributed by atoms with Gasteiger partial charge in [0.25, 0.3) is 0 Å². The summed E-state index contributed by atoms with van der Waals surface area (Å²) in [6, 6.07) is 10.8. The van der Waals surface area contributed by atoms with Gasteiger partial charge in [-0.1, -0.05) is 122 Å². The van der Waals surface area contributed by atoms with Crippen LogP contribution < -0.4 is 4.40 Å². The Morgan fingerprint density at radius 1 is 0.543 bits per heavy atom. The van der Waals surface area contributed by atoms with Crippen LogP contribution in [0, 0.1) is 0 Å². The zero-order valence-electron chi connectivity index (χ0n) is 25.4. The van der Waals surface area contributed by atoms with E-state index in [1.807, 2.05) is 24.3 Å². The molecule has 0 bridgehead atoms. The number of rotatable bonds is 13. The fourth-order valence-corrected chi connectivity index (χ4v) is 3.38. The van der Waals surface area contributed by atoms with E-state index in [2.05, 4.69) is 99.0 Å². The van der Waals surface area contributed by atoms with E-state index in [1.165, 1.54) is 38.5 Å². The van der Waals surface area contributed by atoms with E-state index in [0.717, 1.165) is 4.40 Å². The molecule has 0 amide bonds. The van der Waals surface area contributed by atoms with E-state index in [0.29, 0.717) is 36.3 Å². The minimum atomic E-state index is -1.73. The zero-order valence-corrected chi connectivity index (χ0v) is 32.0. The summed E-state index contributed by atoms with van der Waals surface area (Å²) in [5, 5.41) is 13.5. The van der Waals surface area contributed by atoms with Gasteiger partial charge in [-0.25, -0.2) is 0 Å². The van der Waals surface area contributed by atoms with Gasteiger partial charge in [0, 0.05) is 0 Å². The van der Waals surface area contributed by atoms with Gasteiger partial charge in [0.15, 0.2) is 0 Å². The van der Waals surface area contributed by atoms with E-state index < -0.39 is 15.9 Å². The van der Waals surface area contributed by atoms with Gasteiger partial charge in [-0.3, -0.25) is 0 Å². The SMILES string of the molecule is CCC(C)[N-]C(C)CC.CCC(C)[N-]C(C)CC.CCC(C)[N-]C(C)CC.[F][GeH2][c-]1cccc1.[Hf+4]. The van der Waals surface area contributed by atoms with Crippen LogP contribution in [0.15, 0.2) is 24.3 Å². The summed E-state index contributed by atoms with van der Waals surface area (Å²) < 4.78 is 12.7. The van der Waals surface area contributed by atoms with Crippen molar-refractivity contribution in [3.8, 4) is 0 Å². The Balaban J connectivity index is -0.000000182. The second-order valence-electron chi connectivity index (χ2n) is 9.42. The number of hydrogen-bond acceptors (Lipinski definition) is 0. The molecule has 0 aliphatic carbocycles. The van der Waals surface area contributed by atoms with Gasteiger partial charge in [0.2, 0.25) is 0 Å². The summed E-state index contributed by atoms with van der Waals surface area (Å²) in [4.78, 5) is 0. The van der Waals surface area contributed by atoms with E-state index in [4.69, 9.17) is 0 Å². The Kier molecular flexibility index (Phi) is 37.5. The fraction of sp³-hybridized carbons (Fsp3) is 0.828. The van der Waals surface area contributed by atoms with Crippen LogP contribution in [-0.2, 0) is 25.8 Å². The summed E-state index contributed by atoms with van der Waals surface area (Å²) in [5.41, 5.74) is 0. The monoisotopic (exact) mass is 723 g/mol. The molecule has 0 N–H and O–H groups in total. The molecule has 3 nitrogen and oxygen atoms in total. The van der Waals surface area contributed by atoms with Gasteiger partial charge in [0.1, 0.15) is 0 Å². The van der Waals surface area contributed by atoms with Crippen LogP contribution in [0.1, 0.15) is 122 Å². The van der Waals surface area contributed by atoms with Crippen molar-refractivity contribution < 1.29 is 29.3 Å². The maximum atomic E-state index is 11.7. The molecule has 1 aromatic rings. The van der Waals surface area contributed by atoms with Gasteiger partial charge < -0.3 is 16.0 Å². The molecular weight excluding hydrogens is 660 g/mol. The van der Waals surface area contributed by atoms with Crippen molar-refractivity contribution >= 4 is 20.3 Å². The molecule has 1 rings (SSSR count). The Bertz CT molecular complexity index is 423. The van der Waals surface area contributed by atoms with Crippen molar-refractivity contribution in [3.63, 3.8) is 0 Å². The average Bonchev–Trinajstić information content (AvgIpc) is 3.38. The molecule has 0 heterocycles. The normalized spacial score (nSPS) is 15.6. The molecule has 6 heteroatoms. The predicted octanol–water partition coefficient (Wildman–Crippen LogP) is 8.95. The molecular formula is C29H60FGeHfN3. The fourth-order valence-electron chi connectivity index (χ4n) is 2.44. The van der Waals surface area contributed by atoms with Crippen LogP contribution >= 0.6 is 0 Å². The smallest absolute Gasteiger partial charge is 4.00 e. The van der Waals surface area contributed by atoms with Crippen LogP contribution in [0.2, 0.25) is 0 Å². The zero-order chi connectivity index (χ0) is 26.9. The summed E-state index contributed by atoms with van der Waals surface area (Å²) in [5.74, 6) is 0.